The van der Waals surface area contributed by atoms with E-state index < -0.39 is 0 Å². The Labute approximate surface area is 120 Å². The van der Waals surface area contributed by atoms with Crippen LogP contribution in [0.1, 0.15) is 27.8 Å². The summed E-state index contributed by atoms with van der Waals surface area (Å²) in [6.45, 7) is 4.27. The lowest BCUT2D eigenvalue weighted by Gasteiger charge is -2.20. The summed E-state index contributed by atoms with van der Waals surface area (Å²) in [5, 5.41) is 9.72. The lowest BCUT2D eigenvalue weighted by molar-refractivity contribution is 0.418. The number of rotatable bonds is 2. The topological polar surface area (TPSA) is 23.8 Å². The van der Waals surface area contributed by atoms with Crippen molar-refractivity contribution < 1.29 is 0 Å². The molecule has 1 heteroatoms. The largest absolute Gasteiger partial charge is 0.198 e. The highest BCUT2D eigenvalue weighted by atomic mass is 14.4. The summed E-state index contributed by atoms with van der Waals surface area (Å²) in [6.07, 6.45) is 2.61. The van der Waals surface area contributed by atoms with Gasteiger partial charge in [-0.05, 0) is 60.9 Å². The Morgan fingerprint density at radius 3 is 2.20 bits per heavy atom. The first-order chi connectivity index (χ1) is 9.62. The second kappa shape index (κ2) is 4.80. The molecule has 0 fully saturated rings. The molecular weight excluding hydrogens is 242 g/mol. The van der Waals surface area contributed by atoms with E-state index in [0.29, 0.717) is 0 Å². The maximum absolute atomic E-state index is 9.72. The van der Waals surface area contributed by atoms with Gasteiger partial charge in [0.1, 0.15) is 0 Å². The van der Waals surface area contributed by atoms with Crippen LogP contribution in [-0.2, 0) is 19.3 Å². The van der Waals surface area contributed by atoms with Crippen LogP contribution in [0.5, 0.6) is 0 Å². The van der Waals surface area contributed by atoms with Gasteiger partial charge in [-0.25, -0.2) is 0 Å². The summed E-state index contributed by atoms with van der Waals surface area (Å²) in [7, 11) is 0. The molecule has 3 rings (SSSR count). The van der Waals surface area contributed by atoms with Crippen molar-refractivity contribution in [3.05, 3.63) is 70.3 Å². The van der Waals surface area contributed by atoms with Crippen molar-refractivity contribution in [2.45, 2.75) is 33.1 Å². The third-order valence-corrected chi connectivity index (χ3v) is 4.53. The molecule has 0 aliphatic heterocycles. The minimum Gasteiger partial charge on any atom is -0.198 e. The fourth-order valence-corrected chi connectivity index (χ4v) is 3.24. The smallest absolute Gasteiger partial charge is 0.0700 e. The molecule has 0 spiro atoms. The van der Waals surface area contributed by atoms with Gasteiger partial charge in [0, 0.05) is 0 Å². The number of nitrogens with zero attached hydrogens (tertiary/aromatic N) is 1. The first-order valence-electron chi connectivity index (χ1n) is 7.16. The summed E-state index contributed by atoms with van der Waals surface area (Å²) >= 11 is 0. The van der Waals surface area contributed by atoms with Crippen molar-refractivity contribution in [2.75, 3.05) is 0 Å². The van der Waals surface area contributed by atoms with Crippen LogP contribution >= 0.6 is 0 Å². The molecule has 0 atom stereocenters. The summed E-state index contributed by atoms with van der Waals surface area (Å²) < 4.78 is 0. The number of fused-ring (bicyclic) bond motifs is 1. The molecule has 100 valence electrons. The Balaban J connectivity index is 1.89. The van der Waals surface area contributed by atoms with Crippen LogP contribution in [-0.4, -0.2) is 0 Å². The van der Waals surface area contributed by atoms with Crippen LogP contribution in [0, 0.1) is 30.6 Å². The molecule has 0 aromatic heterocycles. The zero-order valence-corrected chi connectivity index (χ0v) is 12.1. The highest BCUT2D eigenvalue weighted by Crippen LogP contribution is 2.39. The van der Waals surface area contributed by atoms with E-state index in [1.165, 1.54) is 27.8 Å². The number of aryl methyl sites for hydroxylation is 2. The van der Waals surface area contributed by atoms with Gasteiger partial charge in [0.15, 0.2) is 0 Å². The van der Waals surface area contributed by atoms with Crippen LogP contribution in [0.2, 0.25) is 0 Å². The molecule has 20 heavy (non-hydrogen) atoms. The molecule has 1 aliphatic rings. The molecule has 2 aromatic carbocycles. The van der Waals surface area contributed by atoms with Gasteiger partial charge < -0.3 is 0 Å². The SMILES string of the molecule is Cc1ccc(CC2(C#N)Cc3ccccc3C2)cc1C. The molecule has 2 aromatic rings. The third-order valence-electron chi connectivity index (χ3n) is 4.53. The molecule has 0 amide bonds. The molecular formula is C19H19N. The Bertz CT molecular complexity index is 666. The van der Waals surface area contributed by atoms with Crippen molar-refractivity contribution in [2.24, 2.45) is 5.41 Å². The summed E-state index contributed by atoms with van der Waals surface area (Å²) in [5.74, 6) is 0. The number of benzene rings is 2. The zero-order chi connectivity index (χ0) is 14.2. The van der Waals surface area contributed by atoms with E-state index in [9.17, 15) is 5.26 Å². The second-order valence-electron chi connectivity index (χ2n) is 6.11. The molecule has 0 heterocycles. The Morgan fingerprint density at radius 1 is 1.00 bits per heavy atom. The lowest BCUT2D eigenvalue weighted by Crippen LogP contribution is -2.22. The minimum atomic E-state index is -0.259. The second-order valence-corrected chi connectivity index (χ2v) is 6.11. The lowest BCUT2D eigenvalue weighted by atomic mass is 9.80. The first kappa shape index (κ1) is 12.9. The van der Waals surface area contributed by atoms with Crippen LogP contribution in [0.15, 0.2) is 42.5 Å². The van der Waals surface area contributed by atoms with Crippen molar-refractivity contribution in [3.63, 3.8) is 0 Å². The fourth-order valence-electron chi connectivity index (χ4n) is 3.24. The van der Waals surface area contributed by atoms with Gasteiger partial charge in [-0.1, -0.05) is 42.5 Å². The number of hydrogen-bond acceptors (Lipinski definition) is 1. The number of nitriles is 1. The molecule has 1 aliphatic carbocycles. The standard InChI is InChI=1S/C19H19N/c1-14-7-8-16(9-15(14)2)10-19(13-20)11-17-5-3-4-6-18(17)12-19/h3-9H,10-12H2,1-2H3. The van der Waals surface area contributed by atoms with E-state index >= 15 is 0 Å². The fraction of sp³-hybridized carbons (Fsp3) is 0.316. The van der Waals surface area contributed by atoms with Gasteiger partial charge >= 0.3 is 0 Å². The zero-order valence-electron chi connectivity index (χ0n) is 12.1. The number of hydrogen-bond donors (Lipinski definition) is 0. The van der Waals surface area contributed by atoms with Crippen LogP contribution < -0.4 is 0 Å². The Kier molecular flexibility index (Phi) is 3.10. The van der Waals surface area contributed by atoms with Crippen molar-refractivity contribution >= 4 is 0 Å². The van der Waals surface area contributed by atoms with Crippen LogP contribution in [0.25, 0.3) is 0 Å². The van der Waals surface area contributed by atoms with E-state index in [1.54, 1.807) is 0 Å². The summed E-state index contributed by atoms with van der Waals surface area (Å²) in [6, 6.07) is 17.6. The van der Waals surface area contributed by atoms with Gasteiger partial charge in [-0.15, -0.1) is 0 Å². The van der Waals surface area contributed by atoms with Gasteiger partial charge in [-0.3, -0.25) is 0 Å². The molecule has 0 bridgehead atoms. The maximum Gasteiger partial charge on any atom is 0.0700 e. The Hall–Kier alpha value is -2.07. The van der Waals surface area contributed by atoms with Crippen molar-refractivity contribution in [1.29, 1.82) is 5.26 Å². The van der Waals surface area contributed by atoms with E-state index in [4.69, 9.17) is 0 Å². The van der Waals surface area contributed by atoms with E-state index in [1.807, 2.05) is 0 Å². The van der Waals surface area contributed by atoms with Gasteiger partial charge in [0.2, 0.25) is 0 Å². The van der Waals surface area contributed by atoms with Crippen LogP contribution in [0.4, 0.5) is 0 Å². The molecule has 0 N–H and O–H groups in total. The summed E-state index contributed by atoms with van der Waals surface area (Å²) in [4.78, 5) is 0. The predicted octanol–water partition coefficient (Wildman–Crippen LogP) is 4.15. The molecule has 0 saturated carbocycles. The Morgan fingerprint density at radius 2 is 1.65 bits per heavy atom. The van der Waals surface area contributed by atoms with E-state index in [2.05, 4.69) is 62.4 Å². The monoisotopic (exact) mass is 261 g/mol. The predicted molar refractivity (Wildman–Crippen MR) is 81.5 cm³/mol. The molecule has 1 nitrogen and oxygen atoms in total. The third kappa shape index (κ3) is 2.23. The maximum atomic E-state index is 9.72. The van der Waals surface area contributed by atoms with Crippen molar-refractivity contribution in [1.82, 2.24) is 0 Å². The average molecular weight is 261 g/mol. The van der Waals surface area contributed by atoms with Crippen molar-refractivity contribution in [3.8, 4) is 6.07 Å². The van der Waals surface area contributed by atoms with E-state index in [-0.39, 0.29) is 5.41 Å². The molecule has 0 unspecified atom stereocenters. The summed E-state index contributed by atoms with van der Waals surface area (Å²) in [5.41, 5.74) is 6.34. The van der Waals surface area contributed by atoms with Crippen LogP contribution in [0.3, 0.4) is 0 Å². The minimum absolute atomic E-state index is 0.259. The van der Waals surface area contributed by atoms with Gasteiger partial charge in [0.05, 0.1) is 11.5 Å². The highest BCUT2D eigenvalue weighted by molar-refractivity contribution is 5.39. The molecule has 0 radical (unpaired) electrons. The van der Waals surface area contributed by atoms with E-state index in [0.717, 1.165) is 19.3 Å². The average Bonchev–Trinajstić information content (AvgIpc) is 2.81. The first-order valence-corrected chi connectivity index (χ1v) is 7.16. The normalized spacial score (nSPS) is 15.7. The van der Waals surface area contributed by atoms with Gasteiger partial charge in [-0.2, -0.15) is 5.26 Å². The molecule has 0 saturated heterocycles. The highest BCUT2D eigenvalue weighted by Gasteiger charge is 2.37. The van der Waals surface area contributed by atoms with Gasteiger partial charge in [0.25, 0.3) is 0 Å². The quantitative estimate of drug-likeness (QED) is 0.796.